The van der Waals surface area contributed by atoms with Crippen LogP contribution >= 0.6 is 0 Å². The van der Waals surface area contributed by atoms with E-state index in [4.69, 9.17) is 0 Å². The van der Waals surface area contributed by atoms with Gasteiger partial charge >= 0.3 is 0 Å². The Hall–Kier alpha value is -3.65. The lowest BCUT2D eigenvalue weighted by molar-refractivity contribution is -0.140. The first kappa shape index (κ1) is 29.9. The lowest BCUT2D eigenvalue weighted by Crippen LogP contribution is -2.54. The van der Waals surface area contributed by atoms with E-state index < -0.39 is 34.1 Å². The van der Waals surface area contributed by atoms with Crippen LogP contribution < -0.4 is 9.62 Å². The molecule has 0 spiro atoms. The average molecular weight is 550 g/mol. The van der Waals surface area contributed by atoms with E-state index in [1.54, 1.807) is 31.2 Å². The molecule has 0 saturated carbocycles. The number of carbonyl (C=O) groups excluding carboxylic acids is 2. The molecule has 0 unspecified atom stereocenters. The molecule has 0 aliphatic rings. The number of aryl methyl sites for hydroxylation is 3. The van der Waals surface area contributed by atoms with Gasteiger partial charge in [0, 0.05) is 12.1 Å². The molecule has 208 valence electrons. The van der Waals surface area contributed by atoms with Crippen LogP contribution in [0.1, 0.15) is 49.9 Å². The Morgan fingerprint density at radius 3 is 2.10 bits per heavy atom. The third-order valence-corrected chi connectivity index (χ3v) is 8.28. The Bertz CT molecular complexity index is 1430. The zero-order valence-electron chi connectivity index (χ0n) is 23.9. The van der Waals surface area contributed by atoms with Gasteiger partial charge < -0.3 is 10.2 Å². The summed E-state index contributed by atoms with van der Waals surface area (Å²) in [6.07, 6.45) is 0. The summed E-state index contributed by atoms with van der Waals surface area (Å²) >= 11 is 0. The van der Waals surface area contributed by atoms with Gasteiger partial charge in [0.1, 0.15) is 12.6 Å². The second kappa shape index (κ2) is 12.0. The first-order valence-electron chi connectivity index (χ1n) is 13.0. The van der Waals surface area contributed by atoms with Crippen molar-refractivity contribution in [3.63, 3.8) is 0 Å². The molecule has 0 aliphatic carbocycles. The molecule has 0 bridgehead atoms. The molecular weight excluding hydrogens is 510 g/mol. The van der Waals surface area contributed by atoms with Crippen molar-refractivity contribution in [1.29, 1.82) is 0 Å². The van der Waals surface area contributed by atoms with E-state index in [0.29, 0.717) is 5.69 Å². The largest absolute Gasteiger partial charge is 0.350 e. The summed E-state index contributed by atoms with van der Waals surface area (Å²) in [5.41, 5.74) is 3.37. The fraction of sp³-hybridized carbons (Fsp3) is 0.355. The Morgan fingerprint density at radius 1 is 0.872 bits per heavy atom. The predicted molar refractivity (Wildman–Crippen MR) is 156 cm³/mol. The number of hydrogen-bond acceptors (Lipinski definition) is 4. The van der Waals surface area contributed by atoms with Gasteiger partial charge in [-0.25, -0.2) is 8.42 Å². The third kappa shape index (κ3) is 7.47. The van der Waals surface area contributed by atoms with Crippen LogP contribution in [-0.2, 0) is 26.2 Å². The second-order valence-corrected chi connectivity index (χ2v) is 12.8. The lowest BCUT2D eigenvalue weighted by atomic mass is 10.1. The summed E-state index contributed by atoms with van der Waals surface area (Å²) < 4.78 is 29.0. The van der Waals surface area contributed by atoms with Crippen molar-refractivity contribution in [1.82, 2.24) is 10.2 Å². The van der Waals surface area contributed by atoms with E-state index in [2.05, 4.69) is 5.32 Å². The zero-order valence-corrected chi connectivity index (χ0v) is 24.7. The van der Waals surface area contributed by atoms with Crippen LogP contribution in [0.4, 0.5) is 5.69 Å². The standard InChI is InChI=1S/C31H39N3O4S/c1-22-17-18-24(3)28(19-22)34(39(37,38)27-15-9-8-10-16-27)21-29(35)33(20-26-14-12-11-13-23(26)2)25(4)30(36)32-31(5,6)7/h8-19,25H,20-21H2,1-7H3,(H,32,36)/t25-/m1/s1. The van der Waals surface area contributed by atoms with Crippen LogP contribution in [-0.4, -0.2) is 43.3 Å². The van der Waals surface area contributed by atoms with Gasteiger partial charge in [-0.15, -0.1) is 0 Å². The molecular formula is C31H39N3O4S. The molecule has 0 radical (unpaired) electrons. The van der Waals surface area contributed by atoms with Crippen LogP contribution in [0, 0.1) is 20.8 Å². The van der Waals surface area contributed by atoms with Crippen molar-refractivity contribution in [3.8, 4) is 0 Å². The van der Waals surface area contributed by atoms with Crippen LogP contribution in [0.5, 0.6) is 0 Å². The van der Waals surface area contributed by atoms with Gasteiger partial charge in [0.25, 0.3) is 10.0 Å². The minimum atomic E-state index is -4.09. The number of hydrogen-bond donors (Lipinski definition) is 1. The van der Waals surface area contributed by atoms with Crippen molar-refractivity contribution >= 4 is 27.5 Å². The van der Waals surface area contributed by atoms with E-state index >= 15 is 0 Å². The van der Waals surface area contributed by atoms with Crippen molar-refractivity contribution in [2.75, 3.05) is 10.8 Å². The summed E-state index contributed by atoms with van der Waals surface area (Å²) in [5.74, 6) is -0.788. The minimum absolute atomic E-state index is 0.0858. The first-order valence-corrected chi connectivity index (χ1v) is 14.5. The number of nitrogens with one attached hydrogen (secondary N) is 1. The highest BCUT2D eigenvalue weighted by Crippen LogP contribution is 2.28. The highest BCUT2D eigenvalue weighted by atomic mass is 32.2. The Morgan fingerprint density at radius 2 is 1.49 bits per heavy atom. The molecule has 3 aromatic rings. The maximum atomic E-state index is 14.1. The monoisotopic (exact) mass is 549 g/mol. The Labute approximate surface area is 232 Å². The maximum absolute atomic E-state index is 14.1. The van der Waals surface area contributed by atoms with Crippen molar-refractivity contribution in [2.45, 2.75) is 71.5 Å². The fourth-order valence-corrected chi connectivity index (χ4v) is 5.74. The number of benzene rings is 3. The molecule has 3 rings (SSSR count). The molecule has 7 nitrogen and oxygen atoms in total. The van der Waals surface area contributed by atoms with Gasteiger partial charge in [0.15, 0.2) is 0 Å². The summed E-state index contributed by atoms with van der Waals surface area (Å²) in [7, 11) is -4.09. The average Bonchev–Trinajstić information content (AvgIpc) is 2.87. The van der Waals surface area contributed by atoms with Crippen molar-refractivity contribution in [2.24, 2.45) is 0 Å². The van der Waals surface area contributed by atoms with Gasteiger partial charge in [-0.1, -0.05) is 54.6 Å². The molecule has 0 heterocycles. The van der Waals surface area contributed by atoms with Crippen LogP contribution in [0.3, 0.4) is 0 Å². The molecule has 0 aromatic heterocycles. The topological polar surface area (TPSA) is 86.8 Å². The van der Waals surface area contributed by atoms with Crippen molar-refractivity contribution < 1.29 is 18.0 Å². The predicted octanol–water partition coefficient (Wildman–Crippen LogP) is 5.14. The summed E-state index contributed by atoms with van der Waals surface area (Å²) in [4.78, 5) is 28.8. The number of nitrogens with zero attached hydrogens (tertiary/aromatic N) is 2. The molecule has 0 aliphatic heterocycles. The third-order valence-electron chi connectivity index (χ3n) is 6.51. The smallest absolute Gasteiger partial charge is 0.264 e. The van der Waals surface area contributed by atoms with Crippen LogP contribution in [0.2, 0.25) is 0 Å². The van der Waals surface area contributed by atoms with Gasteiger partial charge in [-0.05, 0) is 88.9 Å². The maximum Gasteiger partial charge on any atom is 0.264 e. The lowest BCUT2D eigenvalue weighted by Gasteiger charge is -2.34. The Balaban J connectivity index is 2.08. The Kier molecular flexibility index (Phi) is 9.22. The minimum Gasteiger partial charge on any atom is -0.350 e. The van der Waals surface area contributed by atoms with Crippen molar-refractivity contribution in [3.05, 3.63) is 95.1 Å². The normalized spacial score (nSPS) is 12.5. The number of anilines is 1. The number of rotatable bonds is 9. The zero-order chi connectivity index (χ0) is 29.0. The number of carbonyl (C=O) groups is 2. The molecule has 39 heavy (non-hydrogen) atoms. The highest BCUT2D eigenvalue weighted by molar-refractivity contribution is 7.92. The van der Waals surface area contributed by atoms with Crippen LogP contribution in [0.25, 0.3) is 0 Å². The van der Waals surface area contributed by atoms with E-state index in [0.717, 1.165) is 26.6 Å². The quantitative estimate of drug-likeness (QED) is 0.401. The van der Waals surface area contributed by atoms with Gasteiger partial charge in [-0.3, -0.25) is 13.9 Å². The molecule has 8 heteroatoms. The van der Waals surface area contributed by atoms with E-state index in [1.807, 2.05) is 77.9 Å². The summed E-state index contributed by atoms with van der Waals surface area (Å²) in [5, 5.41) is 2.95. The summed E-state index contributed by atoms with van der Waals surface area (Å²) in [6.45, 7) is 12.6. The number of sulfonamides is 1. The van der Waals surface area contributed by atoms with Gasteiger partial charge in [-0.2, -0.15) is 0 Å². The van der Waals surface area contributed by atoms with Gasteiger partial charge in [0.05, 0.1) is 10.6 Å². The first-order chi connectivity index (χ1) is 18.2. The summed E-state index contributed by atoms with van der Waals surface area (Å²) in [6, 6.07) is 20.4. The number of amides is 2. The highest BCUT2D eigenvalue weighted by Gasteiger charge is 2.34. The van der Waals surface area contributed by atoms with E-state index in [9.17, 15) is 18.0 Å². The fourth-order valence-electron chi connectivity index (χ4n) is 4.25. The molecule has 1 atom stereocenters. The van der Waals surface area contributed by atoms with E-state index in [1.165, 1.54) is 17.0 Å². The molecule has 3 aromatic carbocycles. The van der Waals surface area contributed by atoms with E-state index in [-0.39, 0.29) is 17.3 Å². The molecule has 1 N–H and O–H groups in total. The molecule has 0 fully saturated rings. The van der Waals surface area contributed by atoms with Gasteiger partial charge in [0.2, 0.25) is 11.8 Å². The molecule has 0 saturated heterocycles. The second-order valence-electron chi connectivity index (χ2n) is 11.0. The van der Waals surface area contributed by atoms with Crippen LogP contribution in [0.15, 0.2) is 77.7 Å². The molecule has 2 amide bonds. The SMILES string of the molecule is Cc1ccc(C)c(N(CC(=O)N(Cc2ccccc2C)[C@H](C)C(=O)NC(C)(C)C)S(=O)(=O)c2ccccc2)c1.